The minimum atomic E-state index is -3.72. The van der Waals surface area contributed by atoms with Crippen LogP contribution in [-0.4, -0.2) is 29.6 Å². The Morgan fingerprint density at radius 2 is 1.90 bits per heavy atom. The summed E-state index contributed by atoms with van der Waals surface area (Å²) in [6, 6.07) is 13.7. The van der Waals surface area contributed by atoms with Gasteiger partial charge in [-0.1, -0.05) is 29.8 Å². The third-order valence-electron chi connectivity index (χ3n) is 5.45. The summed E-state index contributed by atoms with van der Waals surface area (Å²) in [6.45, 7) is 2.31. The Kier molecular flexibility index (Phi) is 4.93. The van der Waals surface area contributed by atoms with Crippen molar-refractivity contribution in [2.24, 2.45) is 0 Å². The number of carboxylic acids is 1. The molecule has 1 aliphatic heterocycles. The van der Waals surface area contributed by atoms with Crippen LogP contribution >= 0.6 is 11.6 Å². The monoisotopic (exact) mass is 432 g/mol. The first-order valence-electron chi connectivity index (χ1n) is 9.29. The molecular formula is C21H21ClN2O4S. The van der Waals surface area contributed by atoms with E-state index in [1.165, 1.54) is 12.1 Å². The first-order chi connectivity index (χ1) is 13.7. The van der Waals surface area contributed by atoms with Crippen LogP contribution in [0.25, 0.3) is 10.9 Å². The van der Waals surface area contributed by atoms with Gasteiger partial charge in [0.05, 0.1) is 11.3 Å². The van der Waals surface area contributed by atoms with E-state index in [0.717, 1.165) is 22.2 Å². The van der Waals surface area contributed by atoms with Gasteiger partial charge in [0.2, 0.25) is 10.0 Å². The second-order valence-corrected chi connectivity index (χ2v) is 9.84. The molecule has 1 unspecified atom stereocenters. The van der Waals surface area contributed by atoms with Crippen LogP contribution in [-0.2, 0) is 34.2 Å². The number of carboxylic acid groups (broad SMARTS) is 1. The number of aliphatic carboxylic acids is 1. The number of halogens is 1. The molecule has 2 aromatic carbocycles. The van der Waals surface area contributed by atoms with Gasteiger partial charge in [-0.25, -0.2) is 13.1 Å². The van der Waals surface area contributed by atoms with Gasteiger partial charge in [-0.2, -0.15) is 0 Å². The molecule has 1 aromatic heterocycles. The van der Waals surface area contributed by atoms with Crippen LogP contribution in [0, 0.1) is 0 Å². The molecule has 1 aliphatic rings. The molecular weight excluding hydrogens is 412 g/mol. The second-order valence-electron chi connectivity index (χ2n) is 7.72. The van der Waals surface area contributed by atoms with Crippen molar-refractivity contribution in [2.75, 3.05) is 0 Å². The molecule has 0 amide bonds. The number of para-hydroxylation sites is 1. The molecule has 0 bridgehead atoms. The summed E-state index contributed by atoms with van der Waals surface area (Å²) < 4.78 is 30.7. The number of nitrogens with one attached hydrogen (secondary N) is 1. The van der Waals surface area contributed by atoms with Gasteiger partial charge < -0.3 is 9.67 Å². The zero-order valence-electron chi connectivity index (χ0n) is 15.9. The fourth-order valence-electron chi connectivity index (χ4n) is 4.15. The molecule has 3 aromatic rings. The maximum Gasteiger partial charge on any atom is 0.307 e. The van der Waals surface area contributed by atoms with E-state index in [9.17, 15) is 18.3 Å². The highest BCUT2D eigenvalue weighted by Gasteiger charge is 2.36. The lowest BCUT2D eigenvalue weighted by atomic mass is 9.91. The number of hydrogen-bond donors (Lipinski definition) is 2. The largest absolute Gasteiger partial charge is 0.481 e. The normalized spacial score (nSPS) is 19.2. The Hall–Kier alpha value is -2.35. The van der Waals surface area contributed by atoms with Gasteiger partial charge in [-0.3, -0.25) is 4.79 Å². The standard InChI is InChI=1S/C21H21ClN2O4S/c1-21(23-29(27,28)15-8-6-14(22)7-9-15)11-10-19-17(12-20(25)26)16-4-2-3-5-18(16)24(19)13-21/h2-9,23H,10-13H2,1H3,(H,25,26). The van der Waals surface area contributed by atoms with Crippen molar-refractivity contribution < 1.29 is 18.3 Å². The summed E-state index contributed by atoms with van der Waals surface area (Å²) in [5.74, 6) is -0.874. The number of fused-ring (bicyclic) bond motifs is 3. The van der Waals surface area contributed by atoms with Crippen LogP contribution in [0.5, 0.6) is 0 Å². The molecule has 0 aliphatic carbocycles. The van der Waals surface area contributed by atoms with E-state index in [0.29, 0.717) is 24.4 Å². The van der Waals surface area contributed by atoms with E-state index in [4.69, 9.17) is 11.6 Å². The Morgan fingerprint density at radius 1 is 1.21 bits per heavy atom. The van der Waals surface area contributed by atoms with Crippen LogP contribution in [0.3, 0.4) is 0 Å². The van der Waals surface area contributed by atoms with E-state index in [1.54, 1.807) is 12.1 Å². The molecule has 2 N–H and O–H groups in total. The molecule has 0 fully saturated rings. The van der Waals surface area contributed by atoms with Crippen molar-refractivity contribution >= 4 is 38.5 Å². The van der Waals surface area contributed by atoms with E-state index in [-0.39, 0.29) is 11.3 Å². The lowest BCUT2D eigenvalue weighted by Crippen LogP contribution is -2.51. The van der Waals surface area contributed by atoms with E-state index < -0.39 is 21.5 Å². The Balaban J connectivity index is 1.71. The lowest BCUT2D eigenvalue weighted by Gasteiger charge is -2.36. The number of rotatable bonds is 5. The van der Waals surface area contributed by atoms with Gasteiger partial charge in [-0.15, -0.1) is 0 Å². The van der Waals surface area contributed by atoms with E-state index in [1.807, 2.05) is 31.2 Å². The first kappa shape index (κ1) is 19.9. The molecule has 8 heteroatoms. The summed E-state index contributed by atoms with van der Waals surface area (Å²) in [5, 5.41) is 10.7. The maximum absolute atomic E-state index is 12.9. The smallest absolute Gasteiger partial charge is 0.307 e. The van der Waals surface area contributed by atoms with Crippen LogP contribution in [0.2, 0.25) is 5.02 Å². The fraction of sp³-hybridized carbons (Fsp3) is 0.286. The molecule has 29 heavy (non-hydrogen) atoms. The lowest BCUT2D eigenvalue weighted by molar-refractivity contribution is -0.136. The minimum Gasteiger partial charge on any atom is -0.481 e. The zero-order chi connectivity index (χ0) is 20.8. The van der Waals surface area contributed by atoms with Crippen LogP contribution in [0.15, 0.2) is 53.4 Å². The molecule has 0 radical (unpaired) electrons. The highest BCUT2D eigenvalue weighted by atomic mass is 35.5. The van der Waals surface area contributed by atoms with Gasteiger partial charge in [0, 0.05) is 33.7 Å². The van der Waals surface area contributed by atoms with Gasteiger partial charge in [0.25, 0.3) is 0 Å². The van der Waals surface area contributed by atoms with Crippen molar-refractivity contribution in [3.63, 3.8) is 0 Å². The Morgan fingerprint density at radius 3 is 2.59 bits per heavy atom. The summed E-state index contributed by atoms with van der Waals surface area (Å²) in [5.41, 5.74) is 2.01. The number of hydrogen-bond acceptors (Lipinski definition) is 3. The molecule has 4 rings (SSSR count). The van der Waals surface area contributed by atoms with Crippen molar-refractivity contribution in [3.8, 4) is 0 Å². The van der Waals surface area contributed by atoms with Crippen molar-refractivity contribution in [1.29, 1.82) is 0 Å². The molecule has 0 spiro atoms. The van der Waals surface area contributed by atoms with E-state index in [2.05, 4.69) is 9.29 Å². The first-order valence-corrected chi connectivity index (χ1v) is 11.1. The third-order valence-corrected chi connectivity index (χ3v) is 7.35. The average molecular weight is 433 g/mol. The number of benzene rings is 2. The summed E-state index contributed by atoms with van der Waals surface area (Å²) in [6.07, 6.45) is 1.12. The average Bonchev–Trinajstić information content (AvgIpc) is 2.94. The zero-order valence-corrected chi connectivity index (χ0v) is 17.4. The molecule has 2 heterocycles. The van der Waals surface area contributed by atoms with Crippen molar-refractivity contribution in [3.05, 3.63) is 64.8 Å². The highest BCUT2D eigenvalue weighted by Crippen LogP contribution is 2.35. The summed E-state index contributed by atoms with van der Waals surface area (Å²) in [4.78, 5) is 11.5. The predicted octanol–water partition coefficient (Wildman–Crippen LogP) is 3.61. The van der Waals surface area contributed by atoms with Gasteiger partial charge in [-0.05, 0) is 55.7 Å². The topological polar surface area (TPSA) is 88.4 Å². The number of aromatic nitrogens is 1. The highest BCUT2D eigenvalue weighted by molar-refractivity contribution is 7.89. The minimum absolute atomic E-state index is 0.0456. The van der Waals surface area contributed by atoms with Crippen LogP contribution < -0.4 is 4.72 Å². The fourth-order valence-corrected chi connectivity index (χ4v) is 5.70. The quantitative estimate of drug-likeness (QED) is 0.644. The molecule has 6 nitrogen and oxygen atoms in total. The van der Waals surface area contributed by atoms with Crippen molar-refractivity contribution in [2.45, 2.75) is 43.2 Å². The van der Waals surface area contributed by atoms with Crippen LogP contribution in [0.4, 0.5) is 0 Å². The number of sulfonamides is 1. The molecule has 1 atom stereocenters. The maximum atomic E-state index is 12.9. The SMILES string of the molecule is CC1(NS(=O)(=O)c2ccc(Cl)cc2)CCc2c(CC(=O)O)c3ccccc3n2C1. The number of carbonyl (C=O) groups is 1. The third kappa shape index (κ3) is 3.77. The summed E-state index contributed by atoms with van der Waals surface area (Å²) >= 11 is 5.87. The molecule has 0 saturated heterocycles. The summed E-state index contributed by atoms with van der Waals surface area (Å²) in [7, 11) is -3.72. The van der Waals surface area contributed by atoms with Crippen LogP contribution in [0.1, 0.15) is 24.6 Å². The number of nitrogens with zero attached hydrogens (tertiary/aromatic N) is 1. The predicted molar refractivity (Wildman–Crippen MR) is 112 cm³/mol. The Labute approximate surface area is 174 Å². The van der Waals surface area contributed by atoms with Gasteiger partial charge in [0.1, 0.15) is 0 Å². The molecule has 0 saturated carbocycles. The Bertz CT molecular complexity index is 1200. The van der Waals surface area contributed by atoms with Gasteiger partial charge in [0.15, 0.2) is 0 Å². The second kappa shape index (κ2) is 7.16. The van der Waals surface area contributed by atoms with Crippen molar-refractivity contribution in [1.82, 2.24) is 9.29 Å². The molecule has 152 valence electrons. The van der Waals surface area contributed by atoms with E-state index >= 15 is 0 Å². The van der Waals surface area contributed by atoms with Gasteiger partial charge >= 0.3 is 5.97 Å².